The molecular weight excluding hydrogens is 394 g/mol. The predicted octanol–water partition coefficient (Wildman–Crippen LogP) is 2.70. The van der Waals surface area contributed by atoms with E-state index in [4.69, 9.17) is 0 Å². The van der Waals surface area contributed by atoms with Gasteiger partial charge >= 0.3 is 0 Å². The molecule has 3 aliphatic rings. The molecule has 1 aromatic carbocycles. The highest BCUT2D eigenvalue weighted by molar-refractivity contribution is 8.15. The number of benzene rings is 1. The van der Waals surface area contributed by atoms with Crippen molar-refractivity contribution in [1.29, 1.82) is 0 Å². The number of anilines is 1. The zero-order chi connectivity index (χ0) is 19.9. The number of carbonyl (C=O) groups is 1. The van der Waals surface area contributed by atoms with Crippen molar-refractivity contribution in [3.05, 3.63) is 29.8 Å². The third-order valence-corrected chi connectivity index (χ3v) is 9.00. The van der Waals surface area contributed by atoms with Crippen LogP contribution in [0.4, 0.5) is 5.69 Å². The summed E-state index contributed by atoms with van der Waals surface area (Å²) in [5.41, 5.74) is 1.91. The average molecular weight is 422 g/mol. The summed E-state index contributed by atoms with van der Waals surface area (Å²) in [4.78, 5) is 19.3. The Bertz CT molecular complexity index is 872. The molecule has 0 aromatic heterocycles. The molecule has 1 N–H and O–H groups in total. The van der Waals surface area contributed by atoms with Crippen molar-refractivity contribution in [2.24, 2.45) is 4.99 Å². The van der Waals surface area contributed by atoms with E-state index in [0.29, 0.717) is 18.5 Å². The maximum Gasteiger partial charge on any atom is 0.227 e. The fourth-order valence-corrected chi connectivity index (χ4v) is 8.10. The van der Waals surface area contributed by atoms with Crippen molar-refractivity contribution in [3.63, 3.8) is 0 Å². The van der Waals surface area contributed by atoms with Gasteiger partial charge in [-0.15, -0.1) is 0 Å². The summed E-state index contributed by atoms with van der Waals surface area (Å²) >= 11 is 1.51. The highest BCUT2D eigenvalue weighted by Crippen LogP contribution is 2.34. The molecule has 4 rings (SSSR count). The number of amides is 1. The maximum atomic E-state index is 12.8. The summed E-state index contributed by atoms with van der Waals surface area (Å²) in [6.45, 7) is 4.28. The topological polar surface area (TPSA) is 78.8 Å². The van der Waals surface area contributed by atoms with Crippen molar-refractivity contribution in [2.75, 3.05) is 16.8 Å². The first-order chi connectivity index (χ1) is 13.3. The number of carbonyl (C=O) groups excluding carboxylic acids is 1. The van der Waals surface area contributed by atoms with Crippen LogP contribution in [0.2, 0.25) is 0 Å². The second-order valence-corrected chi connectivity index (χ2v) is 11.5. The molecular formula is C20H27N3O3S2. The van der Waals surface area contributed by atoms with Gasteiger partial charge in [0.15, 0.2) is 15.0 Å². The molecule has 0 bridgehead atoms. The van der Waals surface area contributed by atoms with Crippen LogP contribution in [0, 0.1) is 0 Å². The third-order valence-electron chi connectivity index (χ3n) is 5.86. The Morgan fingerprint density at radius 2 is 1.86 bits per heavy atom. The van der Waals surface area contributed by atoms with Crippen LogP contribution >= 0.6 is 11.8 Å². The Balaban J connectivity index is 1.35. The van der Waals surface area contributed by atoms with E-state index in [1.807, 2.05) is 29.2 Å². The lowest BCUT2D eigenvalue weighted by atomic mass is 9.96. The number of nitrogens with zero attached hydrogens (tertiary/aromatic N) is 2. The summed E-state index contributed by atoms with van der Waals surface area (Å²) in [6.07, 6.45) is 3.79. The molecule has 1 amide bonds. The summed E-state index contributed by atoms with van der Waals surface area (Å²) in [7, 11) is -2.93. The standard InChI is InChI=1S/C20H27N3O3S2/c1-13-4-3-5-14(2)23(13)19(24)10-15-6-8-16(9-7-15)21-20-22-17-11-28(25,26)12-18(17)27-20/h6-9,13-14,17-18H,3-5,10-12H2,1-2H3,(H,21,22)/t13-,14-,17+,18+/m0/s1. The Kier molecular flexibility index (Phi) is 5.44. The second-order valence-electron chi connectivity index (χ2n) is 8.16. The molecule has 1 aromatic rings. The molecule has 6 nitrogen and oxygen atoms in total. The largest absolute Gasteiger partial charge is 0.337 e. The highest BCUT2D eigenvalue weighted by atomic mass is 32.2. The molecule has 152 valence electrons. The number of nitrogens with one attached hydrogen (secondary N) is 1. The van der Waals surface area contributed by atoms with Crippen LogP contribution in [0.3, 0.4) is 0 Å². The van der Waals surface area contributed by atoms with E-state index >= 15 is 0 Å². The van der Waals surface area contributed by atoms with Gasteiger partial charge in [0.1, 0.15) is 0 Å². The molecule has 28 heavy (non-hydrogen) atoms. The SMILES string of the molecule is C[C@H]1CCC[C@H](C)N1C(=O)Cc1ccc(NC2=N[C@@H]3CS(=O)(=O)C[C@H]3S2)cc1. The summed E-state index contributed by atoms with van der Waals surface area (Å²) < 4.78 is 23.3. The first-order valence-electron chi connectivity index (χ1n) is 9.93. The van der Waals surface area contributed by atoms with Crippen LogP contribution in [0.25, 0.3) is 0 Å². The number of amidine groups is 1. The Labute approximate surface area is 171 Å². The van der Waals surface area contributed by atoms with Gasteiger partial charge in [-0.1, -0.05) is 23.9 Å². The van der Waals surface area contributed by atoms with Gasteiger partial charge in [0, 0.05) is 23.0 Å². The zero-order valence-electron chi connectivity index (χ0n) is 16.3. The number of fused-ring (bicyclic) bond motifs is 1. The Morgan fingerprint density at radius 3 is 2.50 bits per heavy atom. The van der Waals surface area contributed by atoms with Gasteiger partial charge < -0.3 is 10.2 Å². The molecule has 0 aliphatic carbocycles. The van der Waals surface area contributed by atoms with Crippen LogP contribution in [0.5, 0.6) is 0 Å². The molecule has 3 aliphatic heterocycles. The molecule has 0 unspecified atom stereocenters. The van der Waals surface area contributed by atoms with Gasteiger partial charge in [0.2, 0.25) is 5.91 Å². The number of rotatable bonds is 3. The van der Waals surface area contributed by atoms with Crippen LogP contribution in [-0.4, -0.2) is 59.3 Å². The van der Waals surface area contributed by atoms with Gasteiger partial charge in [-0.3, -0.25) is 9.79 Å². The number of likely N-dealkylation sites (tertiary alicyclic amines) is 1. The Hall–Kier alpha value is -1.54. The fourth-order valence-electron chi connectivity index (χ4n) is 4.42. The number of thioether (sulfide) groups is 1. The van der Waals surface area contributed by atoms with E-state index in [2.05, 4.69) is 24.2 Å². The van der Waals surface area contributed by atoms with E-state index in [9.17, 15) is 13.2 Å². The monoisotopic (exact) mass is 421 g/mol. The third kappa shape index (κ3) is 4.22. The van der Waals surface area contributed by atoms with Crippen LogP contribution in [0.1, 0.15) is 38.7 Å². The minimum absolute atomic E-state index is 0.0397. The van der Waals surface area contributed by atoms with E-state index in [1.54, 1.807) is 0 Å². The first kappa shape index (κ1) is 19.8. The second kappa shape index (κ2) is 7.71. The number of piperidine rings is 1. The minimum atomic E-state index is -2.93. The lowest BCUT2D eigenvalue weighted by molar-refractivity contribution is -0.136. The van der Waals surface area contributed by atoms with E-state index < -0.39 is 9.84 Å². The van der Waals surface area contributed by atoms with Gasteiger partial charge in [-0.2, -0.15) is 0 Å². The summed E-state index contributed by atoms with van der Waals surface area (Å²) in [6, 6.07) is 8.38. The number of sulfone groups is 1. The quantitative estimate of drug-likeness (QED) is 0.812. The lowest BCUT2D eigenvalue weighted by Crippen LogP contribution is -2.48. The van der Waals surface area contributed by atoms with Crippen molar-refractivity contribution < 1.29 is 13.2 Å². The van der Waals surface area contributed by atoms with Gasteiger partial charge in [0.25, 0.3) is 0 Å². The number of aliphatic imine (C=N–C) groups is 1. The van der Waals surface area contributed by atoms with Crippen molar-refractivity contribution >= 4 is 38.4 Å². The van der Waals surface area contributed by atoms with Crippen molar-refractivity contribution in [3.8, 4) is 0 Å². The number of hydrogen-bond acceptors (Lipinski definition) is 6. The molecule has 8 heteroatoms. The first-order valence-corrected chi connectivity index (χ1v) is 12.6. The van der Waals surface area contributed by atoms with Gasteiger partial charge in [-0.25, -0.2) is 8.42 Å². The van der Waals surface area contributed by atoms with Gasteiger partial charge in [0.05, 0.1) is 24.0 Å². The minimum Gasteiger partial charge on any atom is -0.337 e. The van der Waals surface area contributed by atoms with Crippen LogP contribution in [-0.2, 0) is 21.1 Å². The van der Waals surface area contributed by atoms with Crippen molar-refractivity contribution in [1.82, 2.24) is 4.90 Å². The molecule has 0 spiro atoms. The molecule has 2 saturated heterocycles. The maximum absolute atomic E-state index is 12.8. The Morgan fingerprint density at radius 1 is 1.18 bits per heavy atom. The van der Waals surface area contributed by atoms with Gasteiger partial charge in [-0.05, 0) is 50.8 Å². The van der Waals surface area contributed by atoms with Crippen LogP contribution in [0.15, 0.2) is 29.3 Å². The zero-order valence-corrected chi connectivity index (χ0v) is 17.9. The van der Waals surface area contributed by atoms with E-state index in [-0.39, 0.29) is 28.7 Å². The number of hydrogen-bond donors (Lipinski definition) is 1. The summed E-state index contributed by atoms with van der Waals surface area (Å²) in [5.74, 6) is 0.570. The van der Waals surface area contributed by atoms with E-state index in [0.717, 1.165) is 29.3 Å². The lowest BCUT2D eigenvalue weighted by Gasteiger charge is -2.39. The average Bonchev–Trinajstić information content (AvgIpc) is 3.09. The molecule has 0 saturated carbocycles. The van der Waals surface area contributed by atoms with Crippen molar-refractivity contribution in [2.45, 2.75) is 62.9 Å². The fraction of sp³-hybridized carbons (Fsp3) is 0.600. The molecule has 4 atom stereocenters. The van der Waals surface area contributed by atoms with Crippen LogP contribution < -0.4 is 5.32 Å². The normalized spacial score (nSPS) is 31.4. The highest BCUT2D eigenvalue weighted by Gasteiger charge is 2.42. The predicted molar refractivity (Wildman–Crippen MR) is 115 cm³/mol. The smallest absolute Gasteiger partial charge is 0.227 e. The molecule has 3 heterocycles. The molecule has 2 fully saturated rings. The van der Waals surface area contributed by atoms with E-state index in [1.165, 1.54) is 18.2 Å². The summed E-state index contributed by atoms with van der Waals surface area (Å²) in [5, 5.41) is 4.10. The molecule has 0 radical (unpaired) electrons.